The number of rotatable bonds is 4. The SMILES string of the molecule is CCSC1CCC(NC(=O)CN)C1. The van der Waals surface area contributed by atoms with E-state index in [2.05, 4.69) is 12.2 Å². The second kappa shape index (κ2) is 5.50. The zero-order valence-corrected chi connectivity index (χ0v) is 8.90. The van der Waals surface area contributed by atoms with Gasteiger partial charge in [0.1, 0.15) is 0 Å². The molecule has 1 rings (SSSR count). The van der Waals surface area contributed by atoms with Gasteiger partial charge in [0.2, 0.25) is 5.91 Å². The number of thioether (sulfide) groups is 1. The van der Waals surface area contributed by atoms with E-state index in [-0.39, 0.29) is 12.5 Å². The van der Waals surface area contributed by atoms with Crippen molar-refractivity contribution in [3.05, 3.63) is 0 Å². The predicted octanol–water partition coefficient (Wildman–Crippen LogP) is 0.736. The summed E-state index contributed by atoms with van der Waals surface area (Å²) in [6, 6.07) is 0.375. The molecule has 1 fully saturated rings. The Kier molecular flexibility index (Phi) is 4.59. The van der Waals surface area contributed by atoms with E-state index in [0.29, 0.717) is 6.04 Å². The minimum atomic E-state index is -0.0212. The fourth-order valence-electron chi connectivity index (χ4n) is 1.74. The third kappa shape index (κ3) is 3.56. The van der Waals surface area contributed by atoms with Crippen molar-refractivity contribution >= 4 is 17.7 Å². The summed E-state index contributed by atoms with van der Waals surface area (Å²) in [5.74, 6) is 1.15. The summed E-state index contributed by atoms with van der Waals surface area (Å²) in [4.78, 5) is 11.0. The van der Waals surface area contributed by atoms with Gasteiger partial charge in [0.25, 0.3) is 0 Å². The lowest BCUT2D eigenvalue weighted by atomic mass is 10.2. The molecule has 1 saturated carbocycles. The number of nitrogens with one attached hydrogen (secondary N) is 1. The molecular weight excluding hydrogens is 184 g/mol. The molecule has 2 unspecified atom stereocenters. The molecule has 1 amide bonds. The third-order valence-corrected chi connectivity index (χ3v) is 3.57. The molecule has 0 radical (unpaired) electrons. The largest absolute Gasteiger partial charge is 0.352 e. The van der Waals surface area contributed by atoms with Crippen LogP contribution in [0.25, 0.3) is 0 Å². The normalized spacial score (nSPS) is 27.5. The van der Waals surface area contributed by atoms with Crippen LogP contribution in [0.5, 0.6) is 0 Å². The maximum absolute atomic E-state index is 11.0. The van der Waals surface area contributed by atoms with Gasteiger partial charge < -0.3 is 11.1 Å². The van der Waals surface area contributed by atoms with Gasteiger partial charge in [-0.05, 0) is 25.0 Å². The van der Waals surface area contributed by atoms with Crippen molar-refractivity contribution < 1.29 is 4.79 Å². The molecular formula is C9H18N2OS. The van der Waals surface area contributed by atoms with Gasteiger partial charge in [0.15, 0.2) is 0 Å². The van der Waals surface area contributed by atoms with Crippen molar-refractivity contribution in [2.45, 2.75) is 37.5 Å². The molecule has 76 valence electrons. The molecule has 1 aliphatic carbocycles. The van der Waals surface area contributed by atoms with Crippen molar-refractivity contribution in [1.29, 1.82) is 0 Å². The molecule has 0 aromatic heterocycles. The highest BCUT2D eigenvalue weighted by molar-refractivity contribution is 7.99. The number of hydrogen-bond acceptors (Lipinski definition) is 3. The second-order valence-electron chi connectivity index (χ2n) is 3.36. The van der Waals surface area contributed by atoms with Crippen LogP contribution in [-0.2, 0) is 4.79 Å². The highest BCUT2D eigenvalue weighted by atomic mass is 32.2. The average Bonchev–Trinajstić information content (AvgIpc) is 2.53. The Balaban J connectivity index is 2.20. The van der Waals surface area contributed by atoms with Gasteiger partial charge in [0, 0.05) is 11.3 Å². The average molecular weight is 202 g/mol. The molecule has 0 heterocycles. The Labute approximate surface area is 83.8 Å². The molecule has 2 atom stereocenters. The molecule has 0 bridgehead atoms. The van der Waals surface area contributed by atoms with E-state index < -0.39 is 0 Å². The first-order valence-corrected chi connectivity index (χ1v) is 5.92. The lowest BCUT2D eigenvalue weighted by Gasteiger charge is -2.11. The Bertz CT molecular complexity index is 175. The highest BCUT2D eigenvalue weighted by Gasteiger charge is 2.25. The van der Waals surface area contributed by atoms with Gasteiger partial charge in [-0.25, -0.2) is 0 Å². The van der Waals surface area contributed by atoms with E-state index in [0.717, 1.165) is 18.1 Å². The minimum absolute atomic E-state index is 0.0212. The fraction of sp³-hybridized carbons (Fsp3) is 0.889. The predicted molar refractivity (Wildman–Crippen MR) is 56.8 cm³/mol. The summed E-state index contributed by atoms with van der Waals surface area (Å²) in [5.41, 5.74) is 5.23. The van der Waals surface area contributed by atoms with Crippen LogP contribution in [0, 0.1) is 0 Å². The fourth-order valence-corrected chi connectivity index (χ4v) is 2.89. The molecule has 0 saturated heterocycles. The topological polar surface area (TPSA) is 55.1 Å². The van der Waals surface area contributed by atoms with E-state index in [9.17, 15) is 4.79 Å². The van der Waals surface area contributed by atoms with Crippen LogP contribution >= 0.6 is 11.8 Å². The second-order valence-corrected chi connectivity index (χ2v) is 4.94. The van der Waals surface area contributed by atoms with E-state index in [1.807, 2.05) is 11.8 Å². The molecule has 0 spiro atoms. The van der Waals surface area contributed by atoms with Crippen molar-refractivity contribution in [1.82, 2.24) is 5.32 Å². The lowest BCUT2D eigenvalue weighted by Crippen LogP contribution is -2.37. The van der Waals surface area contributed by atoms with Crippen LogP contribution in [0.1, 0.15) is 26.2 Å². The zero-order valence-electron chi connectivity index (χ0n) is 8.08. The zero-order chi connectivity index (χ0) is 9.68. The molecule has 3 nitrogen and oxygen atoms in total. The quantitative estimate of drug-likeness (QED) is 0.707. The first-order chi connectivity index (χ1) is 6.26. The molecule has 4 heteroatoms. The van der Waals surface area contributed by atoms with E-state index in [4.69, 9.17) is 5.73 Å². The molecule has 13 heavy (non-hydrogen) atoms. The van der Waals surface area contributed by atoms with Crippen molar-refractivity contribution in [3.8, 4) is 0 Å². The number of carbonyl (C=O) groups excluding carboxylic acids is 1. The van der Waals surface area contributed by atoms with Gasteiger partial charge in [0.05, 0.1) is 6.54 Å². The highest BCUT2D eigenvalue weighted by Crippen LogP contribution is 2.29. The molecule has 1 aliphatic rings. The monoisotopic (exact) mass is 202 g/mol. The van der Waals surface area contributed by atoms with Crippen LogP contribution in [0.2, 0.25) is 0 Å². The maximum Gasteiger partial charge on any atom is 0.233 e. The van der Waals surface area contributed by atoms with Crippen LogP contribution in [0.3, 0.4) is 0 Å². The molecule has 0 aromatic rings. The van der Waals surface area contributed by atoms with E-state index >= 15 is 0 Å². The summed E-state index contributed by atoms with van der Waals surface area (Å²) < 4.78 is 0. The Hall–Kier alpha value is -0.220. The van der Waals surface area contributed by atoms with Crippen LogP contribution in [-0.4, -0.2) is 29.5 Å². The number of carbonyl (C=O) groups is 1. The lowest BCUT2D eigenvalue weighted by molar-refractivity contribution is -0.120. The van der Waals surface area contributed by atoms with Crippen LogP contribution in [0.4, 0.5) is 0 Å². The summed E-state index contributed by atoms with van der Waals surface area (Å²) in [6.07, 6.45) is 3.46. The number of hydrogen-bond donors (Lipinski definition) is 2. The van der Waals surface area contributed by atoms with Crippen molar-refractivity contribution in [3.63, 3.8) is 0 Å². The Morgan fingerprint density at radius 3 is 3.00 bits per heavy atom. The first-order valence-electron chi connectivity index (χ1n) is 4.87. The summed E-state index contributed by atoms with van der Waals surface area (Å²) in [6.45, 7) is 2.29. The summed E-state index contributed by atoms with van der Waals surface area (Å²) >= 11 is 1.99. The first kappa shape index (κ1) is 10.9. The van der Waals surface area contributed by atoms with Crippen molar-refractivity contribution in [2.75, 3.05) is 12.3 Å². The Morgan fingerprint density at radius 1 is 1.62 bits per heavy atom. The van der Waals surface area contributed by atoms with Gasteiger partial charge in [-0.3, -0.25) is 4.79 Å². The summed E-state index contributed by atoms with van der Waals surface area (Å²) in [5, 5.41) is 3.68. The van der Waals surface area contributed by atoms with Crippen molar-refractivity contribution in [2.24, 2.45) is 5.73 Å². The summed E-state index contributed by atoms with van der Waals surface area (Å²) in [7, 11) is 0. The van der Waals surface area contributed by atoms with Gasteiger partial charge in [-0.15, -0.1) is 0 Å². The van der Waals surface area contributed by atoms with Gasteiger partial charge in [-0.1, -0.05) is 6.92 Å². The van der Waals surface area contributed by atoms with Crippen LogP contribution in [0.15, 0.2) is 0 Å². The third-order valence-electron chi connectivity index (χ3n) is 2.34. The number of amides is 1. The molecule has 3 N–H and O–H groups in total. The maximum atomic E-state index is 11.0. The van der Waals surface area contributed by atoms with E-state index in [1.165, 1.54) is 12.2 Å². The van der Waals surface area contributed by atoms with Crippen LogP contribution < -0.4 is 11.1 Å². The number of nitrogens with two attached hydrogens (primary N) is 1. The van der Waals surface area contributed by atoms with Gasteiger partial charge in [-0.2, -0.15) is 11.8 Å². The van der Waals surface area contributed by atoms with E-state index in [1.54, 1.807) is 0 Å². The molecule has 0 aromatic carbocycles. The smallest absolute Gasteiger partial charge is 0.233 e. The molecule has 0 aliphatic heterocycles. The standard InChI is InChI=1S/C9H18N2OS/c1-2-13-8-4-3-7(5-8)11-9(12)6-10/h7-8H,2-6,10H2,1H3,(H,11,12). The Morgan fingerprint density at radius 2 is 2.38 bits per heavy atom. The minimum Gasteiger partial charge on any atom is -0.352 e. The van der Waals surface area contributed by atoms with Gasteiger partial charge >= 0.3 is 0 Å².